The van der Waals surface area contributed by atoms with Crippen molar-refractivity contribution in [1.82, 2.24) is 9.80 Å². The van der Waals surface area contributed by atoms with E-state index in [9.17, 15) is 0 Å². The summed E-state index contributed by atoms with van der Waals surface area (Å²) >= 11 is 0. The van der Waals surface area contributed by atoms with Gasteiger partial charge in [-0.3, -0.25) is 0 Å². The Balaban J connectivity index is 0. The Labute approximate surface area is 173 Å². The molecule has 0 aromatic carbocycles. The van der Waals surface area contributed by atoms with Crippen molar-refractivity contribution in [3.05, 3.63) is 6.61 Å². The minimum atomic E-state index is 0. The van der Waals surface area contributed by atoms with Crippen molar-refractivity contribution in [3.8, 4) is 0 Å². The van der Waals surface area contributed by atoms with Gasteiger partial charge in [-0.05, 0) is 20.6 Å². The van der Waals surface area contributed by atoms with Crippen LogP contribution in [0, 0.1) is 6.61 Å². The van der Waals surface area contributed by atoms with Crippen LogP contribution in [0.2, 0.25) is 0 Å². The van der Waals surface area contributed by atoms with E-state index in [0.717, 1.165) is 19.6 Å². The molecule has 0 bridgehead atoms. The van der Waals surface area contributed by atoms with Crippen molar-refractivity contribution >= 4 is 0 Å². The van der Waals surface area contributed by atoms with Crippen LogP contribution >= 0.6 is 0 Å². The molecule has 1 rings (SSSR count). The minimum Gasteiger partial charge on any atom is -0.564 e. The first kappa shape index (κ1) is 17.9. The van der Waals surface area contributed by atoms with Crippen molar-refractivity contribution in [1.29, 1.82) is 0 Å². The maximum Gasteiger partial charge on any atom is 1.00 e. The van der Waals surface area contributed by atoms with E-state index in [4.69, 9.17) is 5.11 Å². The number of hydrogen-bond acceptors (Lipinski definition) is 3. The smallest absolute Gasteiger partial charge is 0.564 e. The van der Waals surface area contributed by atoms with E-state index in [1.807, 2.05) is 7.05 Å². The quantitative estimate of drug-likeness (QED) is 0.488. The van der Waals surface area contributed by atoms with Crippen LogP contribution in [0.3, 0.4) is 0 Å². The Kier molecular flexibility index (Phi) is 14.4. The summed E-state index contributed by atoms with van der Waals surface area (Å²) < 4.78 is 0. The minimum absolute atomic E-state index is 0. The van der Waals surface area contributed by atoms with Gasteiger partial charge in [0.25, 0.3) is 0 Å². The zero-order valence-electron chi connectivity index (χ0n) is 8.62. The summed E-state index contributed by atoms with van der Waals surface area (Å²) in [6.07, 6.45) is 0. The van der Waals surface area contributed by atoms with Crippen LogP contribution in [0.15, 0.2) is 0 Å². The summed E-state index contributed by atoms with van der Waals surface area (Å²) in [5.41, 5.74) is 0. The number of nitrogens with zero attached hydrogens (tertiary/aromatic N) is 2. The van der Waals surface area contributed by atoms with E-state index in [2.05, 4.69) is 16.8 Å². The molecule has 1 atom stereocenters. The van der Waals surface area contributed by atoms with Crippen LogP contribution in [-0.2, 0) is 0 Å². The van der Waals surface area contributed by atoms with E-state index < -0.39 is 0 Å². The van der Waals surface area contributed by atoms with Gasteiger partial charge in [0.1, 0.15) is 0 Å². The predicted octanol–water partition coefficient (Wildman–Crippen LogP) is -6.23. The molecular weight excluding hydrogens is 299 g/mol. The third-order valence-electron chi connectivity index (χ3n) is 2.07. The van der Waals surface area contributed by atoms with E-state index in [0.29, 0.717) is 0 Å². The Morgan fingerprint density at radius 1 is 1.25 bits per heavy atom. The number of rotatable bonds is 1. The fraction of sp³-hybridized carbons (Fsp3) is 0.857. The van der Waals surface area contributed by atoms with Crippen molar-refractivity contribution < 1.29 is 121 Å². The van der Waals surface area contributed by atoms with Gasteiger partial charge in [-0.15, -0.1) is 0 Å². The molecule has 1 heterocycles. The summed E-state index contributed by atoms with van der Waals surface area (Å²) in [6, 6.07) is 0.221. The molecule has 0 radical (unpaired) electrons. The Hall–Kier alpha value is 3.49. The third kappa shape index (κ3) is 6.16. The van der Waals surface area contributed by atoms with Gasteiger partial charge in [0.15, 0.2) is 0 Å². The zero-order chi connectivity index (χ0) is 7.56. The van der Waals surface area contributed by atoms with Crippen LogP contribution in [0.25, 0.3) is 0 Å². The zero-order valence-corrected chi connectivity index (χ0v) is 18.4. The van der Waals surface area contributed by atoms with Gasteiger partial charge >= 0.3 is 116 Å². The van der Waals surface area contributed by atoms with Crippen molar-refractivity contribution in [2.45, 2.75) is 6.04 Å². The number of aliphatic hydroxyl groups is 1. The van der Waals surface area contributed by atoms with E-state index in [1.54, 1.807) is 0 Å². The first-order chi connectivity index (χ1) is 4.74. The van der Waals surface area contributed by atoms with Crippen LogP contribution in [0.1, 0.15) is 0 Å². The Bertz CT molecular complexity index is 116. The Morgan fingerprint density at radius 3 is 2.25 bits per heavy atom. The molecule has 0 spiro atoms. The van der Waals surface area contributed by atoms with Gasteiger partial charge < -0.3 is 14.9 Å². The average molecular weight is 314 g/mol. The van der Waals surface area contributed by atoms with Crippen LogP contribution in [0.4, 0.5) is 0 Å². The van der Waals surface area contributed by atoms with Gasteiger partial charge in [0.2, 0.25) is 0 Å². The van der Waals surface area contributed by atoms with Gasteiger partial charge in [-0.1, -0.05) is 6.04 Å². The summed E-state index contributed by atoms with van der Waals surface area (Å²) in [5, 5.41) is 8.79. The molecule has 0 aliphatic carbocycles. The molecule has 1 saturated heterocycles. The maximum absolute atomic E-state index is 8.79. The summed E-state index contributed by atoms with van der Waals surface area (Å²) in [4.78, 5) is 4.37. The predicted molar refractivity (Wildman–Crippen MR) is 40.2 cm³/mol. The van der Waals surface area contributed by atoms with Gasteiger partial charge in [0.05, 0.1) is 0 Å². The fourth-order valence-electron chi connectivity index (χ4n) is 1.21. The third-order valence-corrected chi connectivity index (χ3v) is 2.07. The monoisotopic (exact) mass is 313 g/mol. The molecule has 3 nitrogen and oxygen atoms in total. The summed E-state index contributed by atoms with van der Waals surface area (Å²) in [5.74, 6) is 0. The van der Waals surface area contributed by atoms with Gasteiger partial charge in [0, 0.05) is 13.1 Å². The van der Waals surface area contributed by atoms with Crippen molar-refractivity contribution in [2.24, 2.45) is 0 Å². The fourth-order valence-corrected chi connectivity index (χ4v) is 1.21. The number of piperazine rings is 1. The molecule has 0 aromatic heterocycles. The SMILES string of the molecule is CN1CCN(C)C([CH-]O)C1.[Rb+].[Rb+]. The van der Waals surface area contributed by atoms with E-state index in [1.165, 1.54) is 6.61 Å². The summed E-state index contributed by atoms with van der Waals surface area (Å²) in [6.45, 7) is 4.35. The molecule has 1 aliphatic heterocycles. The second-order valence-electron chi connectivity index (χ2n) is 2.96. The molecule has 5 heteroatoms. The first-order valence-electron chi connectivity index (χ1n) is 3.60. The van der Waals surface area contributed by atoms with E-state index >= 15 is 0 Å². The van der Waals surface area contributed by atoms with E-state index in [-0.39, 0.29) is 122 Å². The largest absolute Gasteiger partial charge is 1.00 e. The second-order valence-corrected chi connectivity index (χ2v) is 2.96. The number of aliphatic hydroxyl groups excluding tert-OH is 1. The van der Waals surface area contributed by atoms with Crippen LogP contribution < -0.4 is 116 Å². The Morgan fingerprint density at radius 2 is 1.83 bits per heavy atom. The van der Waals surface area contributed by atoms with Gasteiger partial charge in [-0.25, -0.2) is 0 Å². The molecule has 0 amide bonds. The topological polar surface area (TPSA) is 26.7 Å². The van der Waals surface area contributed by atoms with Crippen molar-refractivity contribution in [3.63, 3.8) is 0 Å². The number of likely N-dealkylation sites (N-methyl/N-ethyl adjacent to an activating group) is 2. The molecule has 60 valence electrons. The molecule has 1 aliphatic rings. The standard InChI is InChI=1S/C7H15N2O.2Rb/c1-8-3-4-9(2)7(5-8)6-10;;/h6-7,10H,3-5H2,1-2H3;;/q-1;2*+1. The summed E-state index contributed by atoms with van der Waals surface area (Å²) in [7, 11) is 4.11. The normalized spacial score (nSPS) is 25.8. The molecule has 0 saturated carbocycles. The molecule has 1 N–H and O–H groups in total. The second kappa shape index (κ2) is 9.70. The molecule has 1 fully saturated rings. The molecular formula is C7H15N2ORb2+. The van der Waals surface area contributed by atoms with Crippen molar-refractivity contribution in [2.75, 3.05) is 33.7 Å². The van der Waals surface area contributed by atoms with Gasteiger partial charge in [-0.2, -0.15) is 6.61 Å². The first-order valence-corrected chi connectivity index (χ1v) is 3.60. The average Bonchev–Trinajstić information content (AvgIpc) is 1.94. The molecule has 1 unspecified atom stereocenters. The van der Waals surface area contributed by atoms with Crippen LogP contribution in [-0.4, -0.2) is 54.7 Å². The molecule has 0 aromatic rings. The van der Waals surface area contributed by atoms with Crippen LogP contribution in [0.5, 0.6) is 0 Å². The molecule has 12 heavy (non-hydrogen) atoms. The maximum atomic E-state index is 8.79. The number of hydrogen-bond donors (Lipinski definition) is 1.